The third-order valence-corrected chi connectivity index (χ3v) is 4.77. The molecule has 0 radical (unpaired) electrons. The molecule has 8 heteroatoms. The third-order valence-electron chi connectivity index (χ3n) is 4.77. The minimum Gasteiger partial charge on any atom is -0.371 e. The average molecular weight is 365 g/mol. The number of amides is 1. The maximum atomic E-state index is 12.6. The van der Waals surface area contributed by atoms with Gasteiger partial charge in [-0.05, 0) is 43.5 Å². The summed E-state index contributed by atoms with van der Waals surface area (Å²) in [5, 5.41) is 3.01. The molecule has 1 aromatic carbocycles. The molecular formula is C19H19N5O3. The number of H-pyrrole nitrogens is 2. The van der Waals surface area contributed by atoms with Crippen molar-refractivity contribution in [1.29, 1.82) is 0 Å². The molecule has 1 fully saturated rings. The van der Waals surface area contributed by atoms with Gasteiger partial charge in [0.05, 0.1) is 10.9 Å². The summed E-state index contributed by atoms with van der Waals surface area (Å²) in [7, 11) is 0. The molecule has 3 N–H and O–H groups in total. The Labute approximate surface area is 154 Å². The molecule has 0 atom stereocenters. The van der Waals surface area contributed by atoms with Crippen molar-refractivity contribution in [1.82, 2.24) is 15.0 Å². The van der Waals surface area contributed by atoms with Crippen LogP contribution in [0.4, 0.5) is 11.4 Å². The van der Waals surface area contributed by atoms with E-state index in [1.54, 1.807) is 0 Å². The van der Waals surface area contributed by atoms with Crippen molar-refractivity contribution in [2.75, 3.05) is 23.3 Å². The predicted octanol–water partition coefficient (Wildman–Crippen LogP) is 1.77. The first-order valence-corrected chi connectivity index (χ1v) is 8.80. The van der Waals surface area contributed by atoms with Gasteiger partial charge in [0.15, 0.2) is 0 Å². The summed E-state index contributed by atoms with van der Waals surface area (Å²) in [4.78, 5) is 46.7. The molecular weight excluding hydrogens is 346 g/mol. The highest BCUT2D eigenvalue weighted by Gasteiger charge is 2.16. The molecule has 8 nitrogen and oxygen atoms in total. The number of fused-ring (bicyclic) bond motifs is 1. The molecule has 2 aromatic heterocycles. The van der Waals surface area contributed by atoms with Gasteiger partial charge in [-0.15, -0.1) is 0 Å². The monoisotopic (exact) mass is 365 g/mol. The van der Waals surface area contributed by atoms with Gasteiger partial charge < -0.3 is 10.2 Å². The van der Waals surface area contributed by atoms with Crippen LogP contribution in [0.1, 0.15) is 28.8 Å². The molecule has 3 heterocycles. The number of nitrogens with zero attached hydrogens (tertiary/aromatic N) is 2. The zero-order valence-corrected chi connectivity index (χ0v) is 14.8. The second-order valence-electron chi connectivity index (χ2n) is 6.68. The minimum absolute atomic E-state index is 0.145. The highest BCUT2D eigenvalue weighted by atomic mass is 16.2. The fraction of sp³-hybridized carbons (Fsp3) is 0.263. The van der Waals surface area contributed by atoms with Gasteiger partial charge >= 0.3 is 5.69 Å². The maximum absolute atomic E-state index is 12.6. The van der Waals surface area contributed by atoms with Gasteiger partial charge in [0.1, 0.15) is 5.65 Å². The first kappa shape index (κ1) is 17.0. The number of aromatic amines is 2. The largest absolute Gasteiger partial charge is 0.371 e. The Bertz CT molecular complexity index is 1140. The first-order valence-electron chi connectivity index (χ1n) is 8.80. The second-order valence-corrected chi connectivity index (χ2v) is 6.68. The van der Waals surface area contributed by atoms with Gasteiger partial charge in [0.25, 0.3) is 11.5 Å². The van der Waals surface area contributed by atoms with Crippen LogP contribution in [-0.4, -0.2) is 33.9 Å². The predicted molar refractivity (Wildman–Crippen MR) is 104 cm³/mol. The summed E-state index contributed by atoms with van der Waals surface area (Å²) >= 11 is 0. The third kappa shape index (κ3) is 3.33. The lowest BCUT2D eigenvalue weighted by atomic mass is 10.1. The molecule has 3 aromatic rings. The standard InChI is InChI=1S/C19H19N5O3/c1-11-4-5-13(9-15(11)24-6-2-3-7-24)21-17(25)12-8-14-16(20-10-12)22-19(27)23-18(14)26/h4-5,8-10H,2-3,6-7H2,1H3,(H,21,25)(H2,20,22,23,26,27). The Balaban J connectivity index is 1.62. The molecule has 1 aliphatic heterocycles. The number of aromatic nitrogens is 3. The summed E-state index contributed by atoms with van der Waals surface area (Å²) in [6, 6.07) is 7.22. The Hall–Kier alpha value is -3.42. The maximum Gasteiger partial charge on any atom is 0.327 e. The lowest BCUT2D eigenvalue weighted by Gasteiger charge is -2.21. The number of rotatable bonds is 3. The number of hydrogen-bond donors (Lipinski definition) is 3. The Morgan fingerprint density at radius 2 is 1.93 bits per heavy atom. The molecule has 1 aliphatic rings. The van der Waals surface area contributed by atoms with E-state index in [-0.39, 0.29) is 22.5 Å². The van der Waals surface area contributed by atoms with E-state index in [9.17, 15) is 14.4 Å². The molecule has 138 valence electrons. The molecule has 0 spiro atoms. The summed E-state index contributed by atoms with van der Waals surface area (Å²) in [6.45, 7) is 4.10. The second kappa shape index (κ2) is 6.71. The normalized spacial score (nSPS) is 13.9. The van der Waals surface area contributed by atoms with Crippen LogP contribution in [0.25, 0.3) is 11.0 Å². The summed E-state index contributed by atoms with van der Waals surface area (Å²) in [5.74, 6) is -0.369. The molecule has 27 heavy (non-hydrogen) atoms. The van der Waals surface area contributed by atoms with Crippen LogP contribution < -0.4 is 21.5 Å². The lowest BCUT2D eigenvalue weighted by molar-refractivity contribution is 0.102. The molecule has 0 bridgehead atoms. The number of anilines is 2. The van der Waals surface area contributed by atoms with E-state index in [4.69, 9.17) is 0 Å². The molecule has 1 saturated heterocycles. The number of carbonyl (C=O) groups is 1. The first-order chi connectivity index (χ1) is 13.0. The van der Waals surface area contributed by atoms with E-state index in [1.807, 2.05) is 18.2 Å². The number of carbonyl (C=O) groups excluding carboxylic acids is 1. The minimum atomic E-state index is -0.633. The van der Waals surface area contributed by atoms with Crippen molar-refractivity contribution in [3.05, 3.63) is 62.4 Å². The van der Waals surface area contributed by atoms with E-state index in [0.717, 1.165) is 24.3 Å². The van der Waals surface area contributed by atoms with E-state index in [2.05, 4.69) is 32.1 Å². The van der Waals surface area contributed by atoms with Crippen LogP contribution in [0.3, 0.4) is 0 Å². The van der Waals surface area contributed by atoms with Gasteiger partial charge in [-0.2, -0.15) is 0 Å². The molecule has 0 saturated carbocycles. The number of aryl methyl sites for hydroxylation is 1. The molecule has 0 aliphatic carbocycles. The van der Waals surface area contributed by atoms with Gasteiger partial charge in [-0.25, -0.2) is 9.78 Å². The van der Waals surface area contributed by atoms with Gasteiger partial charge in [0, 0.05) is 30.7 Å². The topological polar surface area (TPSA) is 111 Å². The van der Waals surface area contributed by atoms with Crippen LogP contribution in [0.2, 0.25) is 0 Å². The molecule has 0 unspecified atom stereocenters. The van der Waals surface area contributed by atoms with Crippen LogP contribution in [0, 0.1) is 6.92 Å². The van der Waals surface area contributed by atoms with E-state index >= 15 is 0 Å². The zero-order valence-electron chi connectivity index (χ0n) is 14.8. The van der Waals surface area contributed by atoms with Gasteiger partial charge in [0.2, 0.25) is 0 Å². The Kier molecular flexibility index (Phi) is 4.23. The number of nitrogens with one attached hydrogen (secondary N) is 3. The van der Waals surface area contributed by atoms with Crippen LogP contribution in [0.15, 0.2) is 40.1 Å². The quantitative estimate of drug-likeness (QED) is 0.655. The number of hydrogen-bond acceptors (Lipinski definition) is 5. The highest BCUT2D eigenvalue weighted by Crippen LogP contribution is 2.27. The van der Waals surface area contributed by atoms with Crippen molar-refractivity contribution >= 4 is 28.3 Å². The highest BCUT2D eigenvalue weighted by molar-refractivity contribution is 6.05. The Morgan fingerprint density at radius 1 is 1.15 bits per heavy atom. The number of pyridine rings is 1. The van der Waals surface area contributed by atoms with E-state index in [0.29, 0.717) is 5.69 Å². The van der Waals surface area contributed by atoms with Crippen LogP contribution >= 0.6 is 0 Å². The number of benzene rings is 1. The smallest absolute Gasteiger partial charge is 0.327 e. The molecule has 1 amide bonds. The van der Waals surface area contributed by atoms with E-state index in [1.165, 1.54) is 25.1 Å². The lowest BCUT2D eigenvalue weighted by Crippen LogP contribution is -2.23. The summed E-state index contributed by atoms with van der Waals surface area (Å²) in [6.07, 6.45) is 3.69. The zero-order chi connectivity index (χ0) is 19.0. The van der Waals surface area contributed by atoms with Crippen molar-refractivity contribution in [2.45, 2.75) is 19.8 Å². The van der Waals surface area contributed by atoms with Gasteiger partial charge in [-0.3, -0.25) is 19.6 Å². The SMILES string of the molecule is Cc1ccc(NC(=O)c2cnc3[nH]c(=O)[nH]c(=O)c3c2)cc1N1CCCC1. The van der Waals surface area contributed by atoms with Crippen molar-refractivity contribution in [2.24, 2.45) is 0 Å². The van der Waals surface area contributed by atoms with Crippen molar-refractivity contribution in [3.63, 3.8) is 0 Å². The fourth-order valence-corrected chi connectivity index (χ4v) is 3.36. The van der Waals surface area contributed by atoms with E-state index < -0.39 is 11.2 Å². The average Bonchev–Trinajstić information content (AvgIpc) is 3.17. The summed E-state index contributed by atoms with van der Waals surface area (Å²) in [5.41, 5.74) is 2.14. The Morgan fingerprint density at radius 3 is 2.70 bits per heavy atom. The van der Waals surface area contributed by atoms with Crippen LogP contribution in [0.5, 0.6) is 0 Å². The van der Waals surface area contributed by atoms with Crippen molar-refractivity contribution in [3.8, 4) is 0 Å². The molecule has 4 rings (SSSR count). The van der Waals surface area contributed by atoms with Crippen molar-refractivity contribution < 1.29 is 4.79 Å². The van der Waals surface area contributed by atoms with Crippen LogP contribution in [-0.2, 0) is 0 Å². The van der Waals surface area contributed by atoms with Gasteiger partial charge in [-0.1, -0.05) is 6.07 Å². The summed E-state index contributed by atoms with van der Waals surface area (Å²) < 4.78 is 0. The fourth-order valence-electron chi connectivity index (χ4n) is 3.36.